The molecule has 0 aromatic rings. The maximum atomic E-state index is 12.3. The van der Waals surface area contributed by atoms with Gasteiger partial charge in [-0.15, -0.1) is 0 Å². The standard InChI is InChI=1S/C9H20NO3P/c1-7(2)12-14(11,13-8(3)4)10-6-9(10)5/h7-9H,6H2,1-5H3/t9-,10?/m1/s1. The molecule has 84 valence electrons. The largest absolute Gasteiger partial charge is 0.409 e. The van der Waals surface area contributed by atoms with Gasteiger partial charge in [-0.25, -0.2) is 9.24 Å². The van der Waals surface area contributed by atoms with Crippen molar-refractivity contribution in [3.63, 3.8) is 0 Å². The molecule has 0 amide bonds. The molecular weight excluding hydrogens is 201 g/mol. The Morgan fingerprint density at radius 2 is 1.57 bits per heavy atom. The molecule has 5 heteroatoms. The van der Waals surface area contributed by atoms with Crippen molar-refractivity contribution in [3.05, 3.63) is 0 Å². The molecule has 1 heterocycles. The van der Waals surface area contributed by atoms with Gasteiger partial charge >= 0.3 is 7.75 Å². The van der Waals surface area contributed by atoms with E-state index in [1.807, 2.05) is 34.6 Å². The van der Waals surface area contributed by atoms with Gasteiger partial charge in [0, 0.05) is 12.6 Å². The lowest BCUT2D eigenvalue weighted by Gasteiger charge is -2.23. The van der Waals surface area contributed by atoms with E-state index in [4.69, 9.17) is 9.05 Å². The summed E-state index contributed by atoms with van der Waals surface area (Å²) in [5.41, 5.74) is 0. The highest BCUT2D eigenvalue weighted by Gasteiger charge is 2.48. The Bertz CT molecular complexity index is 228. The lowest BCUT2D eigenvalue weighted by Crippen LogP contribution is -2.13. The molecule has 0 aromatic carbocycles. The van der Waals surface area contributed by atoms with E-state index in [0.717, 1.165) is 6.54 Å². The van der Waals surface area contributed by atoms with E-state index in [1.54, 1.807) is 4.67 Å². The summed E-state index contributed by atoms with van der Waals surface area (Å²) in [7, 11) is -3.02. The first-order chi connectivity index (χ1) is 6.35. The van der Waals surface area contributed by atoms with Crippen LogP contribution in [0.25, 0.3) is 0 Å². The minimum absolute atomic E-state index is 0.0765. The van der Waals surface area contributed by atoms with Crippen LogP contribution in [0.3, 0.4) is 0 Å². The minimum atomic E-state index is -3.02. The van der Waals surface area contributed by atoms with Crippen LogP contribution < -0.4 is 0 Å². The van der Waals surface area contributed by atoms with Crippen LogP contribution in [0.15, 0.2) is 0 Å². The average molecular weight is 221 g/mol. The van der Waals surface area contributed by atoms with Crippen LogP contribution >= 0.6 is 7.75 Å². The molecule has 4 nitrogen and oxygen atoms in total. The highest BCUT2D eigenvalue weighted by Crippen LogP contribution is 2.59. The number of hydrogen-bond donors (Lipinski definition) is 0. The summed E-state index contributed by atoms with van der Waals surface area (Å²) >= 11 is 0. The second-order valence-corrected chi connectivity index (χ2v) is 6.12. The van der Waals surface area contributed by atoms with Crippen molar-refractivity contribution in [1.82, 2.24) is 4.67 Å². The van der Waals surface area contributed by atoms with Crippen molar-refractivity contribution >= 4 is 7.75 Å². The topological polar surface area (TPSA) is 38.5 Å². The van der Waals surface area contributed by atoms with E-state index < -0.39 is 7.75 Å². The van der Waals surface area contributed by atoms with Gasteiger partial charge in [0.2, 0.25) is 0 Å². The molecule has 0 aliphatic carbocycles. The summed E-state index contributed by atoms with van der Waals surface area (Å²) in [5.74, 6) is 0. The Morgan fingerprint density at radius 1 is 1.21 bits per heavy atom. The SMILES string of the molecule is CC(C)OP(=O)(OC(C)C)N1C[C@H]1C. The molecule has 1 fully saturated rings. The lowest BCUT2D eigenvalue weighted by atomic mass is 10.5. The molecule has 0 bridgehead atoms. The molecule has 14 heavy (non-hydrogen) atoms. The zero-order chi connectivity index (χ0) is 10.9. The van der Waals surface area contributed by atoms with Gasteiger partial charge in [0.15, 0.2) is 0 Å². The zero-order valence-corrected chi connectivity index (χ0v) is 10.5. The Morgan fingerprint density at radius 3 is 1.79 bits per heavy atom. The first-order valence-corrected chi connectivity index (χ1v) is 6.58. The maximum Gasteiger partial charge on any atom is 0.409 e. The smallest absolute Gasteiger partial charge is 0.294 e. The van der Waals surface area contributed by atoms with E-state index in [1.165, 1.54) is 0 Å². The summed E-state index contributed by atoms with van der Waals surface area (Å²) < 4.78 is 24.9. The van der Waals surface area contributed by atoms with Gasteiger partial charge in [-0.3, -0.25) is 9.05 Å². The Kier molecular flexibility index (Phi) is 3.75. The molecule has 2 atom stereocenters. The summed E-state index contributed by atoms with van der Waals surface area (Å²) in [6.45, 7) is 10.3. The third-order valence-electron chi connectivity index (χ3n) is 1.83. The van der Waals surface area contributed by atoms with Crippen LogP contribution in [0.5, 0.6) is 0 Å². The van der Waals surface area contributed by atoms with E-state index >= 15 is 0 Å². The number of hydrogen-bond acceptors (Lipinski definition) is 3. The number of rotatable bonds is 5. The van der Waals surface area contributed by atoms with Crippen LogP contribution in [0.4, 0.5) is 0 Å². The van der Waals surface area contributed by atoms with Gasteiger partial charge in [0.1, 0.15) is 0 Å². The van der Waals surface area contributed by atoms with Crippen LogP contribution in [-0.2, 0) is 13.6 Å². The fourth-order valence-corrected chi connectivity index (χ4v) is 3.52. The Labute approximate surface area is 86.2 Å². The van der Waals surface area contributed by atoms with Gasteiger partial charge in [-0.2, -0.15) is 0 Å². The Hall–Kier alpha value is 0.110. The van der Waals surface area contributed by atoms with Gasteiger partial charge in [0.25, 0.3) is 0 Å². The van der Waals surface area contributed by atoms with Crippen molar-refractivity contribution in [1.29, 1.82) is 0 Å². The molecule has 1 aliphatic heterocycles. The molecular formula is C9H20NO3P. The van der Waals surface area contributed by atoms with Crippen molar-refractivity contribution in [2.75, 3.05) is 6.54 Å². The van der Waals surface area contributed by atoms with Gasteiger partial charge in [-0.1, -0.05) is 0 Å². The molecule has 0 radical (unpaired) electrons. The van der Waals surface area contributed by atoms with Crippen molar-refractivity contribution in [2.24, 2.45) is 0 Å². The molecule has 0 saturated carbocycles. The van der Waals surface area contributed by atoms with E-state index in [9.17, 15) is 4.57 Å². The molecule has 0 spiro atoms. The second-order valence-electron chi connectivity index (χ2n) is 4.25. The third-order valence-corrected chi connectivity index (χ3v) is 4.39. The first-order valence-electron chi connectivity index (χ1n) is 5.09. The summed E-state index contributed by atoms with van der Waals surface area (Å²) in [6.07, 6.45) is -0.153. The monoisotopic (exact) mass is 221 g/mol. The van der Waals surface area contributed by atoms with Crippen molar-refractivity contribution in [2.45, 2.75) is 52.9 Å². The molecule has 1 saturated heterocycles. The normalized spacial score (nSPS) is 27.4. The molecule has 1 aliphatic rings. The average Bonchev–Trinajstić information content (AvgIpc) is 2.62. The predicted octanol–water partition coefficient (Wildman–Crippen LogP) is 2.65. The van der Waals surface area contributed by atoms with E-state index in [-0.39, 0.29) is 12.2 Å². The van der Waals surface area contributed by atoms with Crippen LogP contribution in [-0.4, -0.2) is 29.5 Å². The Balaban J connectivity index is 2.64. The molecule has 0 N–H and O–H groups in total. The van der Waals surface area contributed by atoms with E-state index in [2.05, 4.69) is 0 Å². The van der Waals surface area contributed by atoms with E-state index in [0.29, 0.717) is 6.04 Å². The fraction of sp³-hybridized carbons (Fsp3) is 1.00. The number of nitrogens with zero attached hydrogens (tertiary/aromatic N) is 1. The predicted molar refractivity (Wildman–Crippen MR) is 56.2 cm³/mol. The highest BCUT2D eigenvalue weighted by molar-refractivity contribution is 7.51. The summed E-state index contributed by atoms with van der Waals surface area (Å²) in [5, 5.41) is 0. The molecule has 0 aromatic heterocycles. The van der Waals surface area contributed by atoms with Gasteiger partial charge in [-0.05, 0) is 34.6 Å². The quantitative estimate of drug-likeness (QED) is 0.528. The fourth-order valence-electron chi connectivity index (χ4n) is 1.24. The van der Waals surface area contributed by atoms with Crippen molar-refractivity contribution < 1.29 is 13.6 Å². The third kappa shape index (κ3) is 3.06. The van der Waals surface area contributed by atoms with Crippen LogP contribution in [0, 0.1) is 0 Å². The first kappa shape index (κ1) is 12.2. The van der Waals surface area contributed by atoms with Crippen LogP contribution in [0.2, 0.25) is 0 Å². The summed E-state index contributed by atoms with van der Waals surface area (Å²) in [4.78, 5) is 0. The zero-order valence-electron chi connectivity index (χ0n) is 9.56. The van der Waals surface area contributed by atoms with Gasteiger partial charge < -0.3 is 0 Å². The minimum Gasteiger partial charge on any atom is -0.294 e. The highest BCUT2D eigenvalue weighted by atomic mass is 31.2. The van der Waals surface area contributed by atoms with Crippen LogP contribution in [0.1, 0.15) is 34.6 Å². The molecule has 1 rings (SSSR count). The molecule has 1 unspecified atom stereocenters. The van der Waals surface area contributed by atoms with Gasteiger partial charge in [0.05, 0.1) is 12.2 Å². The van der Waals surface area contributed by atoms with Crippen molar-refractivity contribution in [3.8, 4) is 0 Å². The maximum absolute atomic E-state index is 12.3. The summed E-state index contributed by atoms with van der Waals surface area (Å²) in [6, 6.07) is 0.318. The second kappa shape index (κ2) is 4.31. The lowest BCUT2D eigenvalue weighted by molar-refractivity contribution is 0.124.